The maximum absolute atomic E-state index is 12.3. The Morgan fingerprint density at radius 1 is 0.512 bits per heavy atom. The van der Waals surface area contributed by atoms with Crippen molar-refractivity contribution in [3.8, 4) is 0 Å². The van der Waals surface area contributed by atoms with Crippen LogP contribution in [0.25, 0.3) is 0 Å². The highest BCUT2D eigenvalue weighted by atomic mass is 16.5. The molecule has 1 atom stereocenters. The lowest BCUT2D eigenvalue weighted by Crippen LogP contribution is -2.21. The van der Waals surface area contributed by atoms with Crippen molar-refractivity contribution in [2.45, 2.75) is 225 Å². The summed E-state index contributed by atoms with van der Waals surface area (Å²) in [5.74, 6) is -1.10. The van der Waals surface area contributed by atoms with E-state index in [0.29, 0.717) is 12.8 Å². The number of ether oxygens (including phenoxy) is 1. The number of carboxylic acid groups (broad SMARTS) is 1. The van der Waals surface area contributed by atoms with Gasteiger partial charge in [-0.2, -0.15) is 0 Å². The van der Waals surface area contributed by atoms with Gasteiger partial charge in [0.2, 0.25) is 0 Å². The molecule has 0 rings (SSSR count). The lowest BCUT2D eigenvalue weighted by atomic mass is 10.0. The quantitative estimate of drug-likeness (QED) is 0.0443. The fourth-order valence-corrected chi connectivity index (χ4v) is 5.89. The topological polar surface area (TPSA) is 63.6 Å². The first-order valence-electron chi connectivity index (χ1n) is 19.2. The van der Waals surface area contributed by atoms with E-state index in [4.69, 9.17) is 4.74 Å². The van der Waals surface area contributed by atoms with Gasteiger partial charge >= 0.3 is 11.9 Å². The summed E-state index contributed by atoms with van der Waals surface area (Å²) >= 11 is 0. The van der Waals surface area contributed by atoms with Gasteiger partial charge in [0.25, 0.3) is 0 Å². The largest absolute Gasteiger partial charge is 0.481 e. The van der Waals surface area contributed by atoms with Crippen LogP contribution in [0.5, 0.6) is 0 Å². The first-order chi connectivity index (χ1) is 21.1. The number of unbranched alkanes of at least 4 members (excludes halogenated alkanes) is 26. The van der Waals surface area contributed by atoms with Gasteiger partial charge in [0, 0.05) is 6.42 Å². The molecule has 0 aliphatic heterocycles. The normalized spacial score (nSPS) is 12.2. The van der Waals surface area contributed by atoms with Crippen LogP contribution in [0, 0.1) is 0 Å². The fraction of sp³-hybridized carbons (Fsp3) is 0.897. The van der Waals surface area contributed by atoms with E-state index in [1.54, 1.807) is 0 Å². The number of rotatable bonds is 35. The highest BCUT2D eigenvalue weighted by molar-refractivity contribution is 5.71. The molecule has 0 aliphatic rings. The highest BCUT2D eigenvalue weighted by Gasteiger charge is 2.17. The molecule has 1 N–H and O–H groups in total. The summed E-state index contributed by atoms with van der Waals surface area (Å²) in [5, 5.41) is 9.25. The molecule has 4 nitrogen and oxygen atoms in total. The molecule has 0 aromatic heterocycles. The zero-order valence-electron chi connectivity index (χ0n) is 29.0. The van der Waals surface area contributed by atoms with Gasteiger partial charge < -0.3 is 9.84 Å². The predicted molar refractivity (Wildman–Crippen MR) is 186 cm³/mol. The number of carbonyl (C=O) groups excluding carboxylic acids is 1. The van der Waals surface area contributed by atoms with Crippen LogP contribution in [0.2, 0.25) is 0 Å². The van der Waals surface area contributed by atoms with Gasteiger partial charge in [0.15, 0.2) is 0 Å². The van der Waals surface area contributed by atoms with Crippen LogP contribution in [-0.4, -0.2) is 23.1 Å². The zero-order valence-corrected chi connectivity index (χ0v) is 29.0. The molecule has 0 aliphatic carbocycles. The molecule has 0 saturated heterocycles. The van der Waals surface area contributed by atoms with E-state index < -0.39 is 12.1 Å². The Hall–Kier alpha value is -1.32. The van der Waals surface area contributed by atoms with Crippen LogP contribution in [0.15, 0.2) is 12.2 Å². The standard InChI is InChI=1S/C39H74O4/c1-3-5-7-9-11-13-15-17-18-19-20-21-22-23-24-26-28-30-32-34-37(36-38(40)41)43-39(42)35-33-31-29-27-25-16-14-12-10-8-6-4-2/h10,12,37H,3-9,11,13-36H2,1-2H3,(H,40,41)/b12-10-. The second-order valence-corrected chi connectivity index (χ2v) is 13.1. The number of hydrogen-bond donors (Lipinski definition) is 1. The van der Waals surface area contributed by atoms with Crippen molar-refractivity contribution in [2.75, 3.05) is 0 Å². The Labute approximate surface area is 268 Å². The lowest BCUT2D eigenvalue weighted by molar-refractivity contribution is -0.153. The smallest absolute Gasteiger partial charge is 0.307 e. The Morgan fingerprint density at radius 3 is 1.33 bits per heavy atom. The molecule has 0 heterocycles. The Morgan fingerprint density at radius 2 is 0.884 bits per heavy atom. The molecule has 0 fully saturated rings. The second-order valence-electron chi connectivity index (χ2n) is 13.1. The first kappa shape index (κ1) is 41.7. The lowest BCUT2D eigenvalue weighted by Gasteiger charge is -2.16. The summed E-state index contributed by atoms with van der Waals surface area (Å²) in [5.41, 5.74) is 0. The molecule has 0 saturated carbocycles. The Bertz CT molecular complexity index is 614. The molecule has 0 bridgehead atoms. The molecular weight excluding hydrogens is 532 g/mol. The van der Waals surface area contributed by atoms with Crippen LogP contribution >= 0.6 is 0 Å². The number of carbonyl (C=O) groups is 2. The van der Waals surface area contributed by atoms with Crippen molar-refractivity contribution in [3.05, 3.63) is 12.2 Å². The van der Waals surface area contributed by atoms with Crippen LogP contribution in [0.3, 0.4) is 0 Å². The Kier molecular flexibility index (Phi) is 34.1. The third-order valence-corrected chi connectivity index (χ3v) is 8.72. The van der Waals surface area contributed by atoms with Crippen molar-refractivity contribution >= 4 is 11.9 Å². The van der Waals surface area contributed by atoms with E-state index in [1.165, 1.54) is 154 Å². The van der Waals surface area contributed by atoms with Gasteiger partial charge in [-0.3, -0.25) is 9.59 Å². The van der Waals surface area contributed by atoms with E-state index >= 15 is 0 Å². The number of allylic oxidation sites excluding steroid dienone is 2. The van der Waals surface area contributed by atoms with Crippen LogP contribution in [0.1, 0.15) is 219 Å². The SMILES string of the molecule is CCCC/C=C\CCCCCCCCC(=O)OC(CCCCCCCCCCCCCCCCCCCCC)CC(=O)O. The minimum absolute atomic E-state index is 0.0717. The van der Waals surface area contributed by atoms with E-state index in [-0.39, 0.29) is 12.4 Å². The van der Waals surface area contributed by atoms with Gasteiger partial charge in [-0.15, -0.1) is 0 Å². The van der Waals surface area contributed by atoms with E-state index in [9.17, 15) is 14.7 Å². The number of aliphatic carboxylic acids is 1. The summed E-state index contributed by atoms with van der Waals surface area (Å²) in [6.07, 6.45) is 42.4. The van der Waals surface area contributed by atoms with E-state index in [2.05, 4.69) is 26.0 Å². The average molecular weight is 607 g/mol. The number of hydrogen-bond acceptors (Lipinski definition) is 3. The summed E-state index contributed by atoms with van der Waals surface area (Å²) in [6.45, 7) is 4.51. The van der Waals surface area contributed by atoms with Crippen LogP contribution in [0.4, 0.5) is 0 Å². The summed E-state index contributed by atoms with van der Waals surface area (Å²) < 4.78 is 5.57. The summed E-state index contributed by atoms with van der Waals surface area (Å²) in [6, 6.07) is 0. The molecule has 0 amide bonds. The summed E-state index contributed by atoms with van der Waals surface area (Å²) in [7, 11) is 0. The second kappa shape index (κ2) is 35.2. The number of carboxylic acids is 1. The van der Waals surface area contributed by atoms with Gasteiger partial charge in [-0.1, -0.05) is 180 Å². The number of esters is 1. The minimum atomic E-state index is -0.879. The van der Waals surface area contributed by atoms with Gasteiger partial charge in [-0.05, 0) is 38.5 Å². The van der Waals surface area contributed by atoms with Crippen molar-refractivity contribution in [2.24, 2.45) is 0 Å². The zero-order chi connectivity index (χ0) is 31.5. The molecule has 1 unspecified atom stereocenters. The molecule has 4 heteroatoms. The van der Waals surface area contributed by atoms with Crippen molar-refractivity contribution in [3.63, 3.8) is 0 Å². The first-order valence-corrected chi connectivity index (χ1v) is 19.2. The van der Waals surface area contributed by atoms with Crippen LogP contribution in [-0.2, 0) is 14.3 Å². The summed E-state index contributed by atoms with van der Waals surface area (Å²) in [4.78, 5) is 23.6. The highest BCUT2D eigenvalue weighted by Crippen LogP contribution is 2.17. The molecule has 0 aromatic rings. The van der Waals surface area contributed by atoms with E-state index in [1.807, 2.05) is 0 Å². The van der Waals surface area contributed by atoms with Gasteiger partial charge in [-0.25, -0.2) is 0 Å². The average Bonchev–Trinajstić information content (AvgIpc) is 2.98. The van der Waals surface area contributed by atoms with E-state index in [0.717, 1.165) is 32.1 Å². The molecule has 43 heavy (non-hydrogen) atoms. The molecule has 0 spiro atoms. The predicted octanol–water partition coefficient (Wildman–Crippen LogP) is 13.1. The molecule has 254 valence electrons. The third kappa shape index (κ3) is 35.0. The third-order valence-electron chi connectivity index (χ3n) is 8.72. The minimum Gasteiger partial charge on any atom is -0.481 e. The van der Waals surface area contributed by atoms with Crippen molar-refractivity contribution in [1.82, 2.24) is 0 Å². The van der Waals surface area contributed by atoms with Gasteiger partial charge in [0.05, 0.1) is 6.42 Å². The Balaban J connectivity index is 3.60. The fourth-order valence-electron chi connectivity index (χ4n) is 5.89. The maximum atomic E-state index is 12.3. The van der Waals surface area contributed by atoms with Gasteiger partial charge in [0.1, 0.15) is 6.10 Å². The monoisotopic (exact) mass is 607 g/mol. The molecule has 0 aromatic carbocycles. The van der Waals surface area contributed by atoms with Crippen LogP contribution < -0.4 is 0 Å². The molecule has 0 radical (unpaired) electrons. The molecular formula is C39H74O4. The van der Waals surface area contributed by atoms with Crippen molar-refractivity contribution in [1.29, 1.82) is 0 Å². The maximum Gasteiger partial charge on any atom is 0.307 e. The van der Waals surface area contributed by atoms with Crippen molar-refractivity contribution < 1.29 is 19.4 Å².